The summed E-state index contributed by atoms with van der Waals surface area (Å²) in [5, 5.41) is 0. The predicted octanol–water partition coefficient (Wildman–Crippen LogP) is 13.0. The van der Waals surface area contributed by atoms with Gasteiger partial charge < -0.3 is 4.43 Å². The van der Waals surface area contributed by atoms with Gasteiger partial charge in [-0.1, -0.05) is 91.3 Å². The van der Waals surface area contributed by atoms with Gasteiger partial charge in [0.25, 0.3) is 0 Å². The van der Waals surface area contributed by atoms with Crippen molar-refractivity contribution in [2.75, 3.05) is 25.6 Å². The van der Waals surface area contributed by atoms with Crippen molar-refractivity contribution >= 4 is 60.6 Å². The summed E-state index contributed by atoms with van der Waals surface area (Å²) in [6.45, 7) is 16.6. The third-order valence-corrected chi connectivity index (χ3v) is 25.7. The minimum absolute atomic E-state index is 0. The summed E-state index contributed by atoms with van der Waals surface area (Å²) in [5.74, 6) is 5.06. The number of carbonyl (C=O) groups excluding carboxylic acids is 1. The number of rotatable bonds is 15. The van der Waals surface area contributed by atoms with Crippen LogP contribution >= 0.6 is 27.0 Å². The van der Waals surface area contributed by atoms with Crippen LogP contribution in [0, 0.1) is 46.3 Å². The molecule has 2 aromatic rings. The van der Waals surface area contributed by atoms with E-state index in [1.165, 1.54) is 56.7 Å². The maximum absolute atomic E-state index is 13.6. The summed E-state index contributed by atoms with van der Waals surface area (Å²) in [5.41, 5.74) is 0.528. The molecule has 0 N–H and O–H groups in total. The molecule has 0 bridgehead atoms. The SMILES string of the molecule is CC[Si](CC)(CC)O[C@H]1CCC[C@]2(C)[C@@H]([C@H](C)CCS(=O)(=NC)c3ccccc3)CC[C@@H]12.CN=S(=O)(CC[C@@H](C)[C@H]1CC[C@H]2C(=O)CCC[C@]12C)c1ccccc1.S.S. The average Bonchev–Trinajstić information content (AvgIpc) is 3.79. The van der Waals surface area contributed by atoms with Crippen LogP contribution in [0.5, 0.6) is 0 Å². The van der Waals surface area contributed by atoms with Gasteiger partial charge in [-0.05, 0) is 147 Å². The molecule has 0 spiro atoms. The number of Topliss-reactive ketones (excluding diaryl/α,β-unsaturated/α-hetero) is 1. The first-order valence-corrected chi connectivity index (χ1v) is 28.6. The molecule has 4 saturated carbocycles. The molecule has 6 nitrogen and oxygen atoms in total. The maximum atomic E-state index is 13.6. The van der Waals surface area contributed by atoms with Gasteiger partial charge in [0.15, 0.2) is 8.32 Å². The Morgan fingerprint density at radius 3 is 1.63 bits per heavy atom. The van der Waals surface area contributed by atoms with Crippen LogP contribution in [0.3, 0.4) is 0 Å². The topological polar surface area (TPSA) is 85.2 Å². The Kier molecular flexibility index (Phi) is 19.9. The van der Waals surface area contributed by atoms with Gasteiger partial charge in [0.2, 0.25) is 0 Å². The first kappa shape index (κ1) is 52.2. The van der Waals surface area contributed by atoms with Crippen molar-refractivity contribution in [3.05, 3.63) is 60.7 Å². The third kappa shape index (κ3) is 11.3. The molecular formula is C48H82N2O4S4Si. The molecule has 0 saturated heterocycles. The summed E-state index contributed by atoms with van der Waals surface area (Å²) in [6.07, 6.45) is 14.0. The van der Waals surface area contributed by atoms with Crippen molar-refractivity contribution in [2.45, 2.75) is 160 Å². The number of benzene rings is 2. The second kappa shape index (κ2) is 22.5. The Labute approximate surface area is 376 Å². The van der Waals surface area contributed by atoms with Gasteiger partial charge in [-0.15, -0.1) is 0 Å². The molecule has 11 atom stereocenters. The molecule has 0 heterocycles. The van der Waals surface area contributed by atoms with Crippen LogP contribution in [0.1, 0.15) is 126 Å². The van der Waals surface area contributed by atoms with E-state index < -0.39 is 27.8 Å². The smallest absolute Gasteiger partial charge is 0.192 e. The summed E-state index contributed by atoms with van der Waals surface area (Å²) < 4.78 is 42.6. The second-order valence-corrected chi connectivity index (χ2v) is 28.6. The van der Waals surface area contributed by atoms with E-state index in [0.29, 0.717) is 58.4 Å². The van der Waals surface area contributed by atoms with Crippen molar-refractivity contribution in [2.24, 2.45) is 55.1 Å². The molecule has 59 heavy (non-hydrogen) atoms. The normalized spacial score (nSPS) is 30.7. The van der Waals surface area contributed by atoms with E-state index in [0.717, 1.165) is 48.3 Å². The second-order valence-electron chi connectivity index (χ2n) is 18.9. The number of hydrogen-bond donors (Lipinski definition) is 0. The molecule has 4 aliphatic carbocycles. The van der Waals surface area contributed by atoms with Gasteiger partial charge in [-0.3, -0.25) is 4.79 Å². The van der Waals surface area contributed by atoms with Gasteiger partial charge in [0, 0.05) is 53.8 Å². The molecule has 2 aromatic carbocycles. The fraction of sp³-hybridized carbons (Fsp3) is 0.729. The molecule has 2 unspecified atom stereocenters. The first-order chi connectivity index (χ1) is 27.2. The molecule has 336 valence electrons. The maximum Gasteiger partial charge on any atom is 0.192 e. The minimum atomic E-state index is -2.33. The van der Waals surface area contributed by atoms with Crippen molar-refractivity contribution in [3.8, 4) is 0 Å². The highest BCUT2D eigenvalue weighted by molar-refractivity contribution is 7.94. The summed E-state index contributed by atoms with van der Waals surface area (Å²) >= 11 is 0. The average molecular weight is 908 g/mol. The van der Waals surface area contributed by atoms with Gasteiger partial charge in [0.05, 0.1) is 19.5 Å². The quantitative estimate of drug-likeness (QED) is 0.167. The van der Waals surface area contributed by atoms with E-state index in [-0.39, 0.29) is 38.3 Å². The lowest BCUT2D eigenvalue weighted by Crippen LogP contribution is -2.48. The highest BCUT2D eigenvalue weighted by atomic mass is 32.2. The molecule has 0 aliphatic heterocycles. The molecule has 11 heteroatoms. The van der Waals surface area contributed by atoms with Crippen LogP contribution in [0.4, 0.5) is 0 Å². The zero-order valence-electron chi connectivity index (χ0n) is 38.2. The Balaban J connectivity index is 0.000000313. The lowest BCUT2D eigenvalue weighted by molar-refractivity contribution is -0.130. The monoisotopic (exact) mass is 906 g/mol. The number of carbonyl (C=O) groups is 1. The fourth-order valence-electron chi connectivity index (χ4n) is 12.5. The van der Waals surface area contributed by atoms with Crippen LogP contribution in [-0.4, -0.2) is 54.2 Å². The molecule has 4 fully saturated rings. The van der Waals surface area contributed by atoms with Crippen molar-refractivity contribution < 1.29 is 17.6 Å². The first-order valence-electron chi connectivity index (χ1n) is 22.7. The molecule has 0 amide bonds. The van der Waals surface area contributed by atoms with Crippen LogP contribution in [0.2, 0.25) is 18.1 Å². The fourth-order valence-corrected chi connectivity index (χ4v) is 19.2. The zero-order valence-corrected chi connectivity index (χ0v) is 42.8. The lowest BCUT2D eigenvalue weighted by Gasteiger charge is -2.49. The van der Waals surface area contributed by atoms with Gasteiger partial charge >= 0.3 is 0 Å². The van der Waals surface area contributed by atoms with E-state index in [4.69, 9.17) is 4.43 Å². The Bertz CT molecular complexity index is 1850. The van der Waals surface area contributed by atoms with E-state index in [1.54, 1.807) is 14.1 Å². The van der Waals surface area contributed by atoms with E-state index in [2.05, 4.69) is 57.2 Å². The van der Waals surface area contributed by atoms with Crippen LogP contribution in [0.25, 0.3) is 0 Å². The van der Waals surface area contributed by atoms with Crippen molar-refractivity contribution in [3.63, 3.8) is 0 Å². The van der Waals surface area contributed by atoms with E-state index in [9.17, 15) is 13.2 Å². The van der Waals surface area contributed by atoms with Crippen molar-refractivity contribution in [1.82, 2.24) is 0 Å². The zero-order chi connectivity index (χ0) is 41.5. The van der Waals surface area contributed by atoms with Gasteiger partial charge in [0.1, 0.15) is 5.78 Å². The van der Waals surface area contributed by atoms with Crippen LogP contribution < -0.4 is 0 Å². The lowest BCUT2D eigenvalue weighted by atomic mass is 9.61. The standard InChI is InChI=1S/C27H47NO2SSi.C21H31NO2S.2H2S/c1-7-32(8-2,9-3)30-26-16-13-20-27(5)24(17-18-25(26)27)22(4)19-21-31(29,28-6)23-14-11-10-12-15-23;1-16(13-15-25(24,22-3)17-8-5-4-6-9-17)18-11-12-19-20(23)10-7-14-21(18,19)2;;/h10-12,14-15,22,24-26H,7-9,13,16-21H2,1-6H3;4-6,8-9,16,18-19H,7,10-15H2,1-3H3;2*1H2/t22-,24-,25+,26+,27-,31?;16-,18-,19+,21-,25?;;/m11../s1. The van der Waals surface area contributed by atoms with Crippen molar-refractivity contribution in [1.29, 1.82) is 0 Å². The highest BCUT2D eigenvalue weighted by Crippen LogP contribution is 2.60. The summed E-state index contributed by atoms with van der Waals surface area (Å²) in [4.78, 5) is 14.1. The number of fused-ring (bicyclic) bond motifs is 2. The minimum Gasteiger partial charge on any atom is -0.414 e. The molecule has 6 rings (SSSR count). The number of hydrogen-bond acceptors (Lipinski definition) is 6. The molecule has 0 radical (unpaired) electrons. The Hall–Kier alpha value is -1.11. The van der Waals surface area contributed by atoms with Gasteiger partial charge in [-0.25, -0.2) is 17.1 Å². The van der Waals surface area contributed by atoms with Crippen LogP contribution in [0.15, 0.2) is 79.2 Å². The summed E-state index contributed by atoms with van der Waals surface area (Å²) in [6, 6.07) is 23.3. The largest absolute Gasteiger partial charge is 0.414 e. The number of ketones is 1. The van der Waals surface area contributed by atoms with E-state index >= 15 is 0 Å². The predicted molar refractivity (Wildman–Crippen MR) is 264 cm³/mol. The molecule has 0 aromatic heterocycles. The summed E-state index contributed by atoms with van der Waals surface area (Å²) in [7, 11) is -2.83. The van der Waals surface area contributed by atoms with E-state index in [1.807, 2.05) is 60.7 Å². The van der Waals surface area contributed by atoms with Crippen LogP contribution in [-0.2, 0) is 28.7 Å². The van der Waals surface area contributed by atoms with Gasteiger partial charge in [-0.2, -0.15) is 27.0 Å². The Morgan fingerprint density at radius 1 is 0.695 bits per heavy atom. The molecule has 4 aliphatic rings. The third-order valence-electron chi connectivity index (χ3n) is 16.3. The molecular weight excluding hydrogens is 825 g/mol. The number of nitrogens with zero attached hydrogens (tertiary/aromatic N) is 2. The highest BCUT2D eigenvalue weighted by Gasteiger charge is 2.54. The Morgan fingerprint density at radius 2 is 1.15 bits per heavy atom.